The van der Waals surface area contributed by atoms with Crippen LogP contribution in [-0.4, -0.2) is 0 Å². The van der Waals surface area contributed by atoms with Gasteiger partial charge in [-0.25, -0.2) is 0 Å². The van der Waals surface area contributed by atoms with E-state index in [4.69, 9.17) is 8.83 Å². The molecular weight excluding hydrogens is 719 g/mol. The summed E-state index contributed by atoms with van der Waals surface area (Å²) in [4.78, 5) is 2.41. The molecular formula is C56H35NO2. The highest BCUT2D eigenvalue weighted by molar-refractivity contribution is 6.19. The molecule has 3 nitrogen and oxygen atoms in total. The van der Waals surface area contributed by atoms with Crippen molar-refractivity contribution in [2.24, 2.45) is 0 Å². The SMILES string of the molecule is c1ccc(-c2ccc(N(c3ccc(-c4cccc5ccccc45)cc3)c3cccc4ccccc34)c3c2oc2ccccc23)c(-c2cccc3c2oc2ccccc23)c1. The summed E-state index contributed by atoms with van der Waals surface area (Å²) in [6.07, 6.45) is 0. The summed E-state index contributed by atoms with van der Waals surface area (Å²) in [5.74, 6) is 0. The number of hydrogen-bond donors (Lipinski definition) is 0. The maximum atomic E-state index is 6.98. The third-order valence-electron chi connectivity index (χ3n) is 11.9. The molecule has 59 heavy (non-hydrogen) atoms. The van der Waals surface area contributed by atoms with E-state index in [2.05, 4.69) is 205 Å². The molecule has 0 unspecified atom stereocenters. The third kappa shape index (κ3) is 5.29. The summed E-state index contributed by atoms with van der Waals surface area (Å²) in [6, 6.07) is 75.6. The number of rotatable bonds is 6. The van der Waals surface area contributed by atoms with Crippen molar-refractivity contribution in [2.45, 2.75) is 0 Å². The number of benzene rings is 10. The Hall–Kier alpha value is -7.88. The van der Waals surface area contributed by atoms with Gasteiger partial charge in [0.05, 0.1) is 16.8 Å². The van der Waals surface area contributed by atoms with E-state index in [-0.39, 0.29) is 0 Å². The van der Waals surface area contributed by atoms with Gasteiger partial charge in [-0.3, -0.25) is 0 Å². The predicted molar refractivity (Wildman–Crippen MR) is 247 cm³/mol. The van der Waals surface area contributed by atoms with Gasteiger partial charge in [0.25, 0.3) is 0 Å². The van der Waals surface area contributed by atoms with Crippen LogP contribution < -0.4 is 4.90 Å². The van der Waals surface area contributed by atoms with Crippen molar-refractivity contribution in [1.29, 1.82) is 0 Å². The zero-order valence-electron chi connectivity index (χ0n) is 32.0. The molecule has 0 radical (unpaired) electrons. The van der Waals surface area contributed by atoms with Crippen molar-refractivity contribution in [3.05, 3.63) is 212 Å². The van der Waals surface area contributed by atoms with Crippen molar-refractivity contribution in [3.63, 3.8) is 0 Å². The standard InChI is InChI=1S/C56H35NO2/c1-3-18-40-36(14-1)16-11-24-41(40)38-30-32-39(33-31-38)57(50-27-12-17-37-15-2-4-19-42(37)50)51-35-34-48(56-54(51)49-23-8-10-29-53(49)59-56)44-21-6-5-20-43(44)46-25-13-26-47-45-22-7-9-28-52(45)58-55(46)47/h1-35H. The molecule has 0 saturated heterocycles. The van der Waals surface area contributed by atoms with Crippen LogP contribution in [0, 0.1) is 0 Å². The van der Waals surface area contributed by atoms with Crippen molar-refractivity contribution >= 4 is 82.5 Å². The average Bonchev–Trinajstić information content (AvgIpc) is 3.89. The van der Waals surface area contributed by atoms with Crippen LogP contribution >= 0.6 is 0 Å². The molecule has 2 heterocycles. The Morgan fingerprint density at radius 2 is 0.797 bits per heavy atom. The van der Waals surface area contributed by atoms with Gasteiger partial charge in [-0.2, -0.15) is 0 Å². The van der Waals surface area contributed by atoms with Gasteiger partial charge in [0.2, 0.25) is 0 Å². The smallest absolute Gasteiger partial charge is 0.145 e. The largest absolute Gasteiger partial charge is 0.455 e. The van der Waals surface area contributed by atoms with E-state index in [9.17, 15) is 0 Å². The molecule has 2 aromatic heterocycles. The minimum absolute atomic E-state index is 0.838. The minimum Gasteiger partial charge on any atom is -0.455 e. The molecule has 0 N–H and O–H groups in total. The Bertz CT molecular complexity index is 3560. The maximum absolute atomic E-state index is 6.98. The number of nitrogens with zero attached hydrogens (tertiary/aromatic N) is 1. The van der Waals surface area contributed by atoms with E-state index in [0.717, 1.165) is 83.2 Å². The molecule has 3 heteroatoms. The summed E-state index contributed by atoms with van der Waals surface area (Å²) in [6.45, 7) is 0. The van der Waals surface area contributed by atoms with Gasteiger partial charge in [-0.05, 0) is 80.9 Å². The second kappa shape index (κ2) is 13.4. The summed E-state index contributed by atoms with van der Waals surface area (Å²) in [7, 11) is 0. The summed E-state index contributed by atoms with van der Waals surface area (Å²) >= 11 is 0. The van der Waals surface area contributed by atoms with Crippen LogP contribution in [0.1, 0.15) is 0 Å². The Balaban J connectivity index is 1.10. The second-order valence-electron chi connectivity index (χ2n) is 15.2. The van der Waals surface area contributed by atoms with E-state index >= 15 is 0 Å². The summed E-state index contributed by atoms with van der Waals surface area (Å²) < 4.78 is 13.6. The molecule has 0 saturated carbocycles. The fraction of sp³-hybridized carbons (Fsp3) is 0. The lowest BCUT2D eigenvalue weighted by atomic mass is 9.92. The first-order chi connectivity index (χ1) is 29.3. The van der Waals surface area contributed by atoms with Crippen LogP contribution in [0.25, 0.3) is 98.8 Å². The Labute approximate surface area is 340 Å². The number of para-hydroxylation sites is 3. The third-order valence-corrected chi connectivity index (χ3v) is 11.9. The van der Waals surface area contributed by atoms with Crippen molar-refractivity contribution in [2.75, 3.05) is 4.90 Å². The zero-order valence-corrected chi connectivity index (χ0v) is 32.0. The quantitative estimate of drug-likeness (QED) is 0.169. The monoisotopic (exact) mass is 753 g/mol. The van der Waals surface area contributed by atoms with E-state index < -0.39 is 0 Å². The van der Waals surface area contributed by atoms with Gasteiger partial charge in [0.15, 0.2) is 0 Å². The fourth-order valence-corrected chi connectivity index (χ4v) is 9.20. The lowest BCUT2D eigenvalue weighted by Gasteiger charge is -2.28. The van der Waals surface area contributed by atoms with Gasteiger partial charge in [0, 0.05) is 38.4 Å². The highest BCUT2D eigenvalue weighted by atomic mass is 16.3. The van der Waals surface area contributed by atoms with Crippen molar-refractivity contribution in [1.82, 2.24) is 0 Å². The molecule has 10 aromatic carbocycles. The number of hydrogen-bond acceptors (Lipinski definition) is 3. The first kappa shape index (κ1) is 33.3. The Morgan fingerprint density at radius 3 is 1.58 bits per heavy atom. The molecule has 12 aromatic rings. The van der Waals surface area contributed by atoms with Crippen LogP contribution in [0.5, 0.6) is 0 Å². The average molecular weight is 754 g/mol. The van der Waals surface area contributed by atoms with E-state index in [1.54, 1.807) is 0 Å². The topological polar surface area (TPSA) is 29.5 Å². The molecule has 0 atom stereocenters. The van der Waals surface area contributed by atoms with E-state index in [1.807, 2.05) is 12.1 Å². The lowest BCUT2D eigenvalue weighted by molar-refractivity contribution is 0.669. The lowest BCUT2D eigenvalue weighted by Crippen LogP contribution is -2.11. The maximum Gasteiger partial charge on any atom is 0.145 e. The summed E-state index contributed by atoms with van der Waals surface area (Å²) in [5, 5.41) is 9.17. The van der Waals surface area contributed by atoms with Crippen molar-refractivity contribution in [3.8, 4) is 33.4 Å². The van der Waals surface area contributed by atoms with Crippen LogP contribution in [0.2, 0.25) is 0 Å². The number of fused-ring (bicyclic) bond motifs is 8. The molecule has 0 amide bonds. The van der Waals surface area contributed by atoms with E-state index in [0.29, 0.717) is 0 Å². The number of anilines is 3. The first-order valence-corrected chi connectivity index (χ1v) is 20.1. The van der Waals surface area contributed by atoms with Crippen LogP contribution in [0.15, 0.2) is 221 Å². The number of furan rings is 2. The molecule has 0 aliphatic carbocycles. The molecule has 12 rings (SSSR count). The Morgan fingerprint density at radius 1 is 0.288 bits per heavy atom. The van der Waals surface area contributed by atoms with Gasteiger partial charge >= 0.3 is 0 Å². The highest BCUT2D eigenvalue weighted by Gasteiger charge is 2.25. The van der Waals surface area contributed by atoms with Gasteiger partial charge in [0.1, 0.15) is 22.3 Å². The van der Waals surface area contributed by atoms with E-state index in [1.165, 1.54) is 32.7 Å². The van der Waals surface area contributed by atoms with Crippen molar-refractivity contribution < 1.29 is 8.83 Å². The normalized spacial score (nSPS) is 11.7. The highest BCUT2D eigenvalue weighted by Crippen LogP contribution is 2.49. The minimum atomic E-state index is 0.838. The first-order valence-electron chi connectivity index (χ1n) is 20.1. The molecule has 276 valence electrons. The van der Waals surface area contributed by atoms with Crippen LogP contribution in [0.4, 0.5) is 17.1 Å². The zero-order chi connectivity index (χ0) is 38.9. The van der Waals surface area contributed by atoms with Crippen LogP contribution in [0.3, 0.4) is 0 Å². The van der Waals surface area contributed by atoms with Crippen LogP contribution in [-0.2, 0) is 0 Å². The fourth-order valence-electron chi connectivity index (χ4n) is 9.20. The molecule has 0 aliphatic heterocycles. The second-order valence-corrected chi connectivity index (χ2v) is 15.2. The summed E-state index contributed by atoms with van der Waals surface area (Å²) in [5.41, 5.74) is 13.3. The van der Waals surface area contributed by atoms with Gasteiger partial charge in [-0.1, -0.05) is 170 Å². The Kier molecular flexibility index (Phi) is 7.54. The molecule has 0 spiro atoms. The molecule has 0 bridgehead atoms. The molecule has 0 aliphatic rings. The van der Waals surface area contributed by atoms with Gasteiger partial charge in [-0.15, -0.1) is 0 Å². The van der Waals surface area contributed by atoms with Gasteiger partial charge < -0.3 is 13.7 Å². The molecule has 0 fully saturated rings. The predicted octanol–water partition coefficient (Wildman–Crippen LogP) is 16.3.